The lowest BCUT2D eigenvalue weighted by Crippen LogP contribution is -2.75. The molecule has 29 heavy (non-hydrogen) atoms. The first-order chi connectivity index (χ1) is 12.2. The van der Waals surface area contributed by atoms with Crippen LogP contribution < -0.4 is 0 Å². The Hall–Kier alpha value is -1.72. The molecule has 174 valence electrons. The number of alkyl halides is 17. The molecule has 0 aromatic carbocycles. The summed E-state index contributed by atoms with van der Waals surface area (Å²) in [6.07, 6.45) is -15.4. The monoisotopic (exact) mass is 478 g/mol. The van der Waals surface area contributed by atoms with Crippen molar-refractivity contribution >= 4 is 5.97 Å². The van der Waals surface area contributed by atoms with Crippen molar-refractivity contribution in [3.8, 4) is 0 Å². The number of halogens is 17. The van der Waals surface area contributed by atoms with Gasteiger partial charge in [0.25, 0.3) is 0 Å². The van der Waals surface area contributed by atoms with Crippen LogP contribution >= 0.6 is 0 Å². The zero-order valence-electron chi connectivity index (χ0n) is 12.7. The highest BCUT2D eigenvalue weighted by atomic mass is 19.4. The van der Waals surface area contributed by atoms with Gasteiger partial charge in [0.05, 0.1) is 0 Å². The van der Waals surface area contributed by atoms with Crippen LogP contribution in [0.2, 0.25) is 0 Å². The molecule has 1 unspecified atom stereocenters. The first-order valence-electron chi connectivity index (χ1n) is 6.08. The fraction of sp³-hybridized carbons (Fsp3) is 0.900. The average molecular weight is 478 g/mol. The Morgan fingerprint density at radius 1 is 0.483 bits per heavy atom. The van der Waals surface area contributed by atoms with Crippen molar-refractivity contribution in [1.29, 1.82) is 0 Å². The van der Waals surface area contributed by atoms with Gasteiger partial charge in [0.15, 0.2) is 0 Å². The maximum atomic E-state index is 13.5. The van der Waals surface area contributed by atoms with E-state index in [9.17, 15) is 79.4 Å². The molecule has 0 aliphatic heterocycles. The minimum absolute atomic E-state index is 0.390. The normalized spacial score (nSPS) is 17.7. The summed E-state index contributed by atoms with van der Waals surface area (Å²) in [7, 11) is 0. The largest absolute Gasteiger partial charge is 0.467 e. The summed E-state index contributed by atoms with van der Waals surface area (Å²) in [4.78, 5) is 10.3. The highest BCUT2D eigenvalue weighted by molar-refractivity contribution is 5.66. The molecule has 19 heteroatoms. The van der Waals surface area contributed by atoms with E-state index in [0.29, 0.717) is 0 Å². The molecule has 0 aromatic rings. The minimum atomic E-state index is -8.69. The summed E-state index contributed by atoms with van der Waals surface area (Å²) in [5.74, 6) is -52.9. The van der Waals surface area contributed by atoms with Crippen LogP contribution in [0.15, 0.2) is 0 Å². The molecule has 0 heterocycles. The molecule has 0 N–H and O–H groups in total. The van der Waals surface area contributed by atoms with Gasteiger partial charge in [-0.25, -0.2) is 0 Å². The summed E-state index contributed by atoms with van der Waals surface area (Å²) < 4.78 is 219. The van der Waals surface area contributed by atoms with Crippen LogP contribution in [0.3, 0.4) is 0 Å². The van der Waals surface area contributed by atoms with Crippen molar-refractivity contribution < 1.29 is 84.2 Å². The van der Waals surface area contributed by atoms with Crippen molar-refractivity contribution in [1.82, 2.24) is 0 Å². The smallest absolute Gasteiger partial charge is 0.415 e. The molecule has 1 atom stereocenters. The van der Waals surface area contributed by atoms with Crippen molar-refractivity contribution in [3.05, 3.63) is 0 Å². The van der Waals surface area contributed by atoms with Crippen molar-refractivity contribution in [3.63, 3.8) is 0 Å². The van der Waals surface area contributed by atoms with Gasteiger partial charge in [0.1, 0.15) is 0 Å². The van der Waals surface area contributed by atoms with Crippen molar-refractivity contribution in [2.75, 3.05) is 0 Å². The van der Waals surface area contributed by atoms with E-state index in [-0.39, 0.29) is 0 Å². The minimum Gasteiger partial charge on any atom is -0.415 e. The molecule has 0 rings (SSSR count). The van der Waals surface area contributed by atoms with Gasteiger partial charge >= 0.3 is 53.8 Å². The lowest BCUT2D eigenvalue weighted by atomic mass is 9.90. The molecular weight excluding hydrogens is 475 g/mol. The fourth-order valence-electron chi connectivity index (χ4n) is 1.47. The Kier molecular flexibility index (Phi) is 6.25. The van der Waals surface area contributed by atoms with Gasteiger partial charge in [-0.2, -0.15) is 74.6 Å². The molecule has 0 bridgehead atoms. The number of hydrogen-bond acceptors (Lipinski definition) is 2. The Labute approximate surface area is 146 Å². The molecule has 2 nitrogen and oxygen atoms in total. The first kappa shape index (κ1) is 27.3. The first-order valence-corrected chi connectivity index (χ1v) is 6.08. The summed E-state index contributed by atoms with van der Waals surface area (Å²) in [5, 5.41) is 0. The van der Waals surface area contributed by atoms with Crippen LogP contribution in [0, 0.1) is 0 Å². The standard InChI is InChI=1S/C10H3F17O2/c1-2(28)29-8(21,10(25,26)27)6(17,18)4(13,14)3(11,12)5(15,16)7(19,20)9(22,23)24/h1H3. The zero-order valence-corrected chi connectivity index (χ0v) is 12.7. The van der Waals surface area contributed by atoms with Crippen LogP contribution in [0.4, 0.5) is 74.6 Å². The fourth-order valence-corrected chi connectivity index (χ4v) is 1.47. The number of ether oxygens (including phenoxy) is 1. The number of rotatable bonds is 6. The van der Waals surface area contributed by atoms with E-state index in [0.717, 1.165) is 0 Å². The second-order valence-corrected chi connectivity index (χ2v) is 5.06. The summed E-state index contributed by atoms with van der Waals surface area (Å²) >= 11 is 0. The maximum Gasteiger partial charge on any atom is 0.467 e. The molecule has 0 saturated heterocycles. The topological polar surface area (TPSA) is 26.3 Å². The Morgan fingerprint density at radius 2 is 0.759 bits per heavy atom. The van der Waals surface area contributed by atoms with Gasteiger partial charge in [-0.3, -0.25) is 4.79 Å². The Balaban J connectivity index is 6.89. The van der Waals surface area contributed by atoms with Crippen molar-refractivity contribution in [2.24, 2.45) is 0 Å². The van der Waals surface area contributed by atoms with E-state index in [2.05, 4.69) is 4.74 Å². The lowest BCUT2D eigenvalue weighted by molar-refractivity contribution is -0.477. The highest BCUT2D eigenvalue weighted by Crippen LogP contribution is 2.63. The second-order valence-electron chi connectivity index (χ2n) is 5.06. The second kappa shape index (κ2) is 6.64. The van der Waals surface area contributed by atoms with Gasteiger partial charge in [-0.1, -0.05) is 0 Å². The predicted octanol–water partition coefficient (Wildman–Crippen LogP) is 5.52. The third-order valence-electron chi connectivity index (χ3n) is 2.99. The van der Waals surface area contributed by atoms with Crippen LogP contribution in [0.1, 0.15) is 6.92 Å². The molecule has 0 spiro atoms. The summed E-state index contributed by atoms with van der Waals surface area (Å²) in [6.45, 7) is -0.390. The molecule has 0 amide bonds. The molecule has 0 aromatic heterocycles. The Bertz CT molecular complexity index is 629. The third kappa shape index (κ3) is 3.53. The predicted molar refractivity (Wildman–Crippen MR) is 52.4 cm³/mol. The van der Waals surface area contributed by atoms with E-state index >= 15 is 0 Å². The van der Waals surface area contributed by atoms with E-state index in [1.54, 1.807) is 0 Å². The maximum absolute atomic E-state index is 13.5. The highest BCUT2D eigenvalue weighted by Gasteiger charge is 2.96. The SMILES string of the molecule is CC(=O)OC(F)(C(F)(F)F)C(F)(F)C(F)(F)C(F)(F)C(F)(F)C(F)(F)C(F)(F)F. The van der Waals surface area contributed by atoms with Crippen LogP contribution in [0.25, 0.3) is 0 Å². The van der Waals surface area contributed by atoms with Crippen molar-refractivity contribution in [2.45, 2.75) is 54.7 Å². The average Bonchev–Trinajstić information content (AvgIpc) is 2.42. The van der Waals surface area contributed by atoms with E-state index in [1.165, 1.54) is 0 Å². The summed E-state index contributed by atoms with van der Waals surface area (Å²) in [6, 6.07) is 0. The molecule has 0 saturated carbocycles. The number of carbonyl (C=O) groups excluding carboxylic acids is 1. The van der Waals surface area contributed by atoms with Gasteiger partial charge in [0, 0.05) is 6.92 Å². The van der Waals surface area contributed by atoms with E-state index in [4.69, 9.17) is 0 Å². The Morgan fingerprint density at radius 3 is 1.00 bits per heavy atom. The number of esters is 1. The quantitative estimate of drug-likeness (QED) is 0.372. The molecule has 0 aliphatic carbocycles. The third-order valence-corrected chi connectivity index (χ3v) is 2.99. The van der Waals surface area contributed by atoms with Crippen LogP contribution in [-0.4, -0.2) is 53.8 Å². The van der Waals surface area contributed by atoms with Gasteiger partial charge in [-0.15, -0.1) is 0 Å². The van der Waals surface area contributed by atoms with Gasteiger partial charge in [0.2, 0.25) is 0 Å². The van der Waals surface area contributed by atoms with Gasteiger partial charge in [-0.05, 0) is 0 Å². The molecule has 0 radical (unpaired) electrons. The molecule has 0 fully saturated rings. The van der Waals surface area contributed by atoms with Gasteiger partial charge < -0.3 is 4.74 Å². The van der Waals surface area contributed by atoms with E-state index < -0.39 is 60.7 Å². The zero-order chi connectivity index (χ0) is 24.3. The lowest BCUT2D eigenvalue weighted by Gasteiger charge is -2.43. The number of hydrogen-bond donors (Lipinski definition) is 0. The van der Waals surface area contributed by atoms with Crippen LogP contribution in [-0.2, 0) is 9.53 Å². The number of carbonyl (C=O) groups is 1. The van der Waals surface area contributed by atoms with Crippen LogP contribution in [0.5, 0.6) is 0 Å². The summed E-state index contributed by atoms with van der Waals surface area (Å²) in [5.41, 5.74) is 0. The molecular formula is C10H3F17O2. The molecule has 0 aliphatic rings. The van der Waals surface area contributed by atoms with E-state index in [1.807, 2.05) is 0 Å².